The van der Waals surface area contributed by atoms with Gasteiger partial charge in [0.15, 0.2) is 0 Å². The molecular weight excluding hydrogens is 622 g/mol. The van der Waals surface area contributed by atoms with Gasteiger partial charge in [0.1, 0.15) is 18.1 Å². The van der Waals surface area contributed by atoms with Crippen molar-refractivity contribution in [1.82, 2.24) is 26.6 Å². The predicted octanol–water partition coefficient (Wildman–Crippen LogP) is 1.47. The number of aliphatic hydroxyl groups is 2. The Morgan fingerprint density at radius 3 is 1.29 bits per heavy atom. The van der Waals surface area contributed by atoms with E-state index in [0.29, 0.717) is 12.8 Å². The molecule has 0 unspecified atom stereocenters. The van der Waals surface area contributed by atoms with E-state index in [4.69, 9.17) is 5.11 Å². The largest absolute Gasteiger partial charge is 0.481 e. The van der Waals surface area contributed by atoms with Crippen LogP contribution in [-0.2, 0) is 28.8 Å². The number of hydrogen-bond donors (Lipinski definition) is 8. The first-order chi connectivity index (χ1) is 22.0. The van der Waals surface area contributed by atoms with Gasteiger partial charge in [-0.3, -0.25) is 28.8 Å². The summed E-state index contributed by atoms with van der Waals surface area (Å²) in [4.78, 5) is 75.9. The second-order valence-corrected chi connectivity index (χ2v) is 14.8. The van der Waals surface area contributed by atoms with E-state index >= 15 is 0 Å². The van der Waals surface area contributed by atoms with E-state index < -0.39 is 84.9 Å². The van der Waals surface area contributed by atoms with Crippen molar-refractivity contribution in [2.75, 3.05) is 0 Å². The molecule has 0 rings (SSSR count). The maximum absolute atomic E-state index is 13.5. The number of carboxylic acids is 1. The van der Waals surface area contributed by atoms with Gasteiger partial charge in [0.2, 0.25) is 29.5 Å². The molecule has 0 aliphatic heterocycles. The summed E-state index contributed by atoms with van der Waals surface area (Å²) in [6, 6.07) is -4.61. The van der Waals surface area contributed by atoms with Gasteiger partial charge >= 0.3 is 5.97 Å². The summed E-state index contributed by atoms with van der Waals surface area (Å²) in [5.41, 5.74) is 0. The molecule has 0 fully saturated rings. The van der Waals surface area contributed by atoms with E-state index in [-0.39, 0.29) is 41.9 Å². The molecule has 0 bridgehead atoms. The smallest absolute Gasteiger partial charge is 0.306 e. The van der Waals surface area contributed by atoms with Gasteiger partial charge in [-0.15, -0.1) is 0 Å². The Bertz CT molecular complexity index is 1060. The Morgan fingerprint density at radius 1 is 0.479 bits per heavy atom. The van der Waals surface area contributed by atoms with Gasteiger partial charge in [-0.05, 0) is 49.4 Å². The highest BCUT2D eigenvalue weighted by atomic mass is 16.4. The molecule has 14 heteroatoms. The number of aliphatic carboxylic acids is 1. The maximum Gasteiger partial charge on any atom is 0.306 e. The molecule has 0 aliphatic rings. The zero-order valence-corrected chi connectivity index (χ0v) is 30.8. The zero-order valence-electron chi connectivity index (χ0n) is 30.8. The van der Waals surface area contributed by atoms with Crippen molar-refractivity contribution >= 4 is 35.5 Å². The molecule has 0 radical (unpaired) electrons. The average Bonchev–Trinajstić information content (AvgIpc) is 2.91. The lowest BCUT2D eigenvalue weighted by atomic mass is 9.95. The molecule has 8 N–H and O–H groups in total. The van der Waals surface area contributed by atoms with E-state index in [1.54, 1.807) is 27.7 Å². The van der Waals surface area contributed by atoms with E-state index in [0.717, 1.165) is 0 Å². The highest BCUT2D eigenvalue weighted by Crippen LogP contribution is 2.15. The number of amides is 5. The van der Waals surface area contributed by atoms with Crippen LogP contribution in [0.2, 0.25) is 0 Å². The molecule has 0 saturated heterocycles. The van der Waals surface area contributed by atoms with Crippen LogP contribution in [0.25, 0.3) is 0 Å². The fraction of sp³-hybridized carbons (Fsp3) is 0.824. The summed E-state index contributed by atoms with van der Waals surface area (Å²) in [5, 5.41) is 43.9. The fourth-order valence-electron chi connectivity index (χ4n) is 5.16. The van der Waals surface area contributed by atoms with Crippen LogP contribution < -0.4 is 26.6 Å². The quantitative estimate of drug-likeness (QED) is 0.0825. The van der Waals surface area contributed by atoms with Gasteiger partial charge < -0.3 is 41.9 Å². The van der Waals surface area contributed by atoms with Crippen LogP contribution in [0, 0.1) is 29.6 Å². The zero-order chi connectivity index (χ0) is 37.5. The minimum atomic E-state index is -1.33. The third kappa shape index (κ3) is 17.8. The fourth-order valence-corrected chi connectivity index (χ4v) is 5.16. The summed E-state index contributed by atoms with van der Waals surface area (Å²) in [7, 11) is 0. The summed E-state index contributed by atoms with van der Waals surface area (Å²) in [5.74, 6) is -4.25. The first kappa shape index (κ1) is 44.7. The van der Waals surface area contributed by atoms with Crippen molar-refractivity contribution in [3.63, 3.8) is 0 Å². The van der Waals surface area contributed by atoms with Crippen molar-refractivity contribution in [2.45, 2.75) is 151 Å². The molecule has 5 amide bonds. The molecule has 278 valence electrons. The number of carboxylic acid groups (broad SMARTS) is 1. The molecular formula is C34H63N5O9. The summed E-state index contributed by atoms with van der Waals surface area (Å²) in [6.07, 6.45) is -2.76. The lowest BCUT2D eigenvalue weighted by Gasteiger charge is -2.31. The average molecular weight is 686 g/mol. The SMILES string of the molecule is CC(C)CC(=O)N[C@H](C(=O)N[C@H](C(=O)N[C@H](CC(C)C)[C@H](O)CC(=O)N[C@H](C)C(=O)N[C@@H](CC(C)C)[C@H](O)CC(=O)O)C(C)C)C(C)C. The van der Waals surface area contributed by atoms with Gasteiger partial charge in [0, 0.05) is 6.42 Å². The lowest BCUT2D eigenvalue weighted by Crippen LogP contribution is -2.59. The van der Waals surface area contributed by atoms with Crippen LogP contribution in [-0.4, -0.2) is 93.2 Å². The summed E-state index contributed by atoms with van der Waals surface area (Å²) >= 11 is 0. The summed E-state index contributed by atoms with van der Waals surface area (Å²) < 4.78 is 0. The number of carbonyl (C=O) groups excluding carboxylic acids is 5. The van der Waals surface area contributed by atoms with E-state index in [1.807, 2.05) is 41.5 Å². The number of aliphatic hydroxyl groups excluding tert-OH is 2. The van der Waals surface area contributed by atoms with Crippen LogP contribution >= 0.6 is 0 Å². The molecule has 0 heterocycles. The standard InChI is InChI=1S/C34H63N5O9/c1-17(2)12-23(37-33(47)31(21(9)10)39-34(48)30(20(7)8)38-27(42)14-19(5)6)25(40)15-28(43)35-22(11)32(46)36-24(13-18(3)4)26(41)16-29(44)45/h17-26,30-31,40-41H,12-16H2,1-11H3,(H,35,43)(H,36,46)(H,37,47)(H,38,42)(H,39,48)(H,44,45)/t22-,23-,24+,25-,26-,30+,31+/m1/s1. The molecule has 14 nitrogen and oxygen atoms in total. The highest BCUT2D eigenvalue weighted by Gasteiger charge is 2.34. The third-order valence-corrected chi connectivity index (χ3v) is 7.69. The minimum absolute atomic E-state index is 0.0152. The van der Waals surface area contributed by atoms with Crippen molar-refractivity contribution in [1.29, 1.82) is 0 Å². The highest BCUT2D eigenvalue weighted by molar-refractivity contribution is 5.92. The molecule has 0 aromatic rings. The lowest BCUT2D eigenvalue weighted by molar-refractivity contribution is -0.140. The van der Waals surface area contributed by atoms with Gasteiger partial charge in [-0.1, -0.05) is 69.2 Å². The monoisotopic (exact) mass is 685 g/mol. The second kappa shape index (κ2) is 21.7. The molecule has 7 atom stereocenters. The van der Waals surface area contributed by atoms with Crippen LogP contribution in [0.4, 0.5) is 0 Å². The topological polar surface area (TPSA) is 223 Å². The van der Waals surface area contributed by atoms with Gasteiger partial charge in [-0.25, -0.2) is 0 Å². The normalized spacial score (nSPS) is 16.1. The van der Waals surface area contributed by atoms with Crippen LogP contribution in [0.3, 0.4) is 0 Å². The van der Waals surface area contributed by atoms with Crippen molar-refractivity contribution in [3.05, 3.63) is 0 Å². The second-order valence-electron chi connectivity index (χ2n) is 14.8. The van der Waals surface area contributed by atoms with Gasteiger partial charge in [0.25, 0.3) is 0 Å². The number of rotatable bonds is 22. The van der Waals surface area contributed by atoms with E-state index in [2.05, 4.69) is 26.6 Å². The van der Waals surface area contributed by atoms with Crippen molar-refractivity contribution < 1.29 is 44.1 Å². The molecule has 0 aliphatic carbocycles. The van der Waals surface area contributed by atoms with Crippen molar-refractivity contribution in [2.24, 2.45) is 29.6 Å². The Morgan fingerprint density at radius 2 is 0.875 bits per heavy atom. The minimum Gasteiger partial charge on any atom is -0.481 e. The Hall–Kier alpha value is -3.26. The Labute approximate surface area is 286 Å². The van der Waals surface area contributed by atoms with Crippen LogP contribution in [0.15, 0.2) is 0 Å². The first-order valence-corrected chi connectivity index (χ1v) is 17.1. The summed E-state index contributed by atoms with van der Waals surface area (Å²) in [6.45, 7) is 19.8. The Kier molecular flexibility index (Phi) is 20.2. The molecule has 48 heavy (non-hydrogen) atoms. The number of carbonyl (C=O) groups is 6. The molecule has 0 aromatic carbocycles. The number of nitrogens with one attached hydrogen (secondary N) is 5. The van der Waals surface area contributed by atoms with E-state index in [1.165, 1.54) is 6.92 Å². The maximum atomic E-state index is 13.5. The van der Waals surface area contributed by atoms with E-state index in [9.17, 15) is 39.0 Å². The number of hydrogen-bond acceptors (Lipinski definition) is 8. The third-order valence-electron chi connectivity index (χ3n) is 7.69. The molecule has 0 saturated carbocycles. The molecule has 0 spiro atoms. The van der Waals surface area contributed by atoms with Crippen LogP contribution in [0.1, 0.15) is 108 Å². The van der Waals surface area contributed by atoms with Crippen molar-refractivity contribution in [3.8, 4) is 0 Å². The van der Waals surface area contributed by atoms with Crippen LogP contribution in [0.5, 0.6) is 0 Å². The first-order valence-electron chi connectivity index (χ1n) is 17.1. The van der Waals surface area contributed by atoms with Gasteiger partial charge in [0.05, 0.1) is 37.1 Å². The Balaban J connectivity index is 5.60. The molecule has 0 aromatic heterocycles. The van der Waals surface area contributed by atoms with Gasteiger partial charge in [-0.2, -0.15) is 0 Å². The predicted molar refractivity (Wildman–Crippen MR) is 182 cm³/mol.